The zero-order valence-corrected chi connectivity index (χ0v) is 14.1. The average molecular weight is 332 g/mol. The standard InChI is InChI=1S/C22H20O3/c1-25-22(24)21-19(18-10-6-3-7-11-18)14-17(15-20(21)23)13-12-16-8-4-2-5-9-16/h2-13,15,19,21H,14H2,1H3/b13-12+. The lowest BCUT2D eigenvalue weighted by Crippen LogP contribution is -2.33. The van der Waals surface area contributed by atoms with Crippen molar-refractivity contribution in [1.29, 1.82) is 0 Å². The molecule has 0 saturated carbocycles. The van der Waals surface area contributed by atoms with Crippen LogP contribution < -0.4 is 0 Å². The van der Waals surface area contributed by atoms with Crippen LogP contribution in [0.4, 0.5) is 0 Å². The van der Waals surface area contributed by atoms with Crippen LogP contribution in [0.15, 0.2) is 78.4 Å². The first kappa shape index (κ1) is 16.9. The van der Waals surface area contributed by atoms with E-state index in [-0.39, 0.29) is 11.7 Å². The Morgan fingerprint density at radius 2 is 1.64 bits per heavy atom. The zero-order chi connectivity index (χ0) is 17.6. The molecule has 2 atom stereocenters. The maximum Gasteiger partial charge on any atom is 0.317 e. The minimum absolute atomic E-state index is 0.195. The molecule has 3 heteroatoms. The maximum absolute atomic E-state index is 12.6. The lowest BCUT2D eigenvalue weighted by Gasteiger charge is -2.28. The van der Waals surface area contributed by atoms with Crippen molar-refractivity contribution >= 4 is 17.8 Å². The van der Waals surface area contributed by atoms with Crippen molar-refractivity contribution < 1.29 is 14.3 Å². The summed E-state index contributed by atoms with van der Waals surface area (Å²) in [4.78, 5) is 24.7. The molecule has 0 bridgehead atoms. The summed E-state index contributed by atoms with van der Waals surface area (Å²) < 4.78 is 4.87. The Hall–Kier alpha value is -2.94. The molecular formula is C22H20O3. The molecule has 2 aromatic rings. The molecule has 0 radical (unpaired) electrons. The van der Waals surface area contributed by atoms with E-state index in [1.165, 1.54) is 7.11 Å². The van der Waals surface area contributed by atoms with Crippen molar-refractivity contribution in [2.45, 2.75) is 12.3 Å². The highest BCUT2D eigenvalue weighted by Gasteiger charge is 2.38. The first-order valence-electron chi connectivity index (χ1n) is 8.29. The predicted octanol–water partition coefficient (Wildman–Crippen LogP) is 4.17. The third kappa shape index (κ3) is 3.94. The Morgan fingerprint density at radius 3 is 2.28 bits per heavy atom. The van der Waals surface area contributed by atoms with Gasteiger partial charge in [0.2, 0.25) is 0 Å². The molecule has 1 aliphatic rings. The summed E-state index contributed by atoms with van der Waals surface area (Å²) in [5.74, 6) is -1.65. The molecule has 25 heavy (non-hydrogen) atoms. The topological polar surface area (TPSA) is 43.4 Å². The van der Waals surface area contributed by atoms with Gasteiger partial charge in [0.15, 0.2) is 5.78 Å². The summed E-state index contributed by atoms with van der Waals surface area (Å²) in [6.07, 6.45) is 6.13. The smallest absolute Gasteiger partial charge is 0.317 e. The summed E-state index contributed by atoms with van der Waals surface area (Å²) in [5, 5.41) is 0. The van der Waals surface area contributed by atoms with Crippen molar-refractivity contribution in [3.8, 4) is 0 Å². The fourth-order valence-corrected chi connectivity index (χ4v) is 3.20. The first-order valence-corrected chi connectivity index (χ1v) is 8.29. The fraction of sp³-hybridized carbons (Fsp3) is 0.182. The second-order valence-electron chi connectivity index (χ2n) is 6.09. The van der Waals surface area contributed by atoms with E-state index in [1.807, 2.05) is 72.8 Å². The summed E-state index contributed by atoms with van der Waals surface area (Å²) >= 11 is 0. The van der Waals surface area contributed by atoms with Crippen molar-refractivity contribution in [3.05, 3.63) is 89.5 Å². The third-order valence-corrected chi connectivity index (χ3v) is 4.46. The molecule has 0 aromatic heterocycles. The molecule has 0 heterocycles. The van der Waals surface area contributed by atoms with Gasteiger partial charge in [0, 0.05) is 5.92 Å². The van der Waals surface area contributed by atoms with Gasteiger partial charge in [-0.25, -0.2) is 0 Å². The van der Waals surface area contributed by atoms with Crippen molar-refractivity contribution in [3.63, 3.8) is 0 Å². The van der Waals surface area contributed by atoms with E-state index in [0.717, 1.165) is 16.7 Å². The Labute approximate surface area is 147 Å². The van der Waals surface area contributed by atoms with E-state index < -0.39 is 11.9 Å². The SMILES string of the molecule is COC(=O)C1C(=O)C=C(/C=C/c2ccccc2)CC1c1ccccc1. The van der Waals surface area contributed by atoms with Crippen molar-refractivity contribution in [1.82, 2.24) is 0 Å². The van der Waals surface area contributed by atoms with E-state index in [0.29, 0.717) is 6.42 Å². The number of methoxy groups -OCH3 is 1. The number of hydrogen-bond donors (Lipinski definition) is 0. The van der Waals surface area contributed by atoms with Gasteiger partial charge in [0.1, 0.15) is 5.92 Å². The monoisotopic (exact) mass is 332 g/mol. The lowest BCUT2D eigenvalue weighted by atomic mass is 9.75. The highest BCUT2D eigenvalue weighted by atomic mass is 16.5. The van der Waals surface area contributed by atoms with Crippen molar-refractivity contribution in [2.75, 3.05) is 7.11 Å². The summed E-state index contributed by atoms with van der Waals surface area (Å²) in [7, 11) is 1.33. The Balaban J connectivity index is 1.91. The van der Waals surface area contributed by atoms with Gasteiger partial charge in [-0.1, -0.05) is 72.8 Å². The van der Waals surface area contributed by atoms with Gasteiger partial charge < -0.3 is 4.74 Å². The van der Waals surface area contributed by atoms with Crippen molar-refractivity contribution in [2.24, 2.45) is 5.92 Å². The van der Waals surface area contributed by atoms with Crippen LogP contribution in [-0.2, 0) is 14.3 Å². The number of ketones is 1. The highest BCUT2D eigenvalue weighted by molar-refractivity contribution is 6.07. The molecule has 1 aliphatic carbocycles. The highest BCUT2D eigenvalue weighted by Crippen LogP contribution is 2.37. The summed E-state index contributed by atoms with van der Waals surface area (Å²) in [5.41, 5.74) is 2.97. The molecule has 126 valence electrons. The zero-order valence-electron chi connectivity index (χ0n) is 14.1. The normalized spacial score (nSPS) is 20.4. The number of benzene rings is 2. The molecule has 3 rings (SSSR count). The van der Waals surface area contributed by atoms with Gasteiger partial charge in [-0.3, -0.25) is 9.59 Å². The number of allylic oxidation sites excluding steroid dienone is 3. The van der Waals surface area contributed by atoms with Gasteiger partial charge in [-0.2, -0.15) is 0 Å². The minimum Gasteiger partial charge on any atom is -0.468 e. The van der Waals surface area contributed by atoms with Crippen LogP contribution in [0.5, 0.6) is 0 Å². The molecule has 0 saturated heterocycles. The molecule has 0 N–H and O–H groups in total. The van der Waals surface area contributed by atoms with Gasteiger partial charge in [-0.05, 0) is 29.2 Å². The molecule has 3 nitrogen and oxygen atoms in total. The molecular weight excluding hydrogens is 312 g/mol. The number of carbonyl (C=O) groups is 2. The Kier molecular flexibility index (Phi) is 5.24. The van der Waals surface area contributed by atoms with Crippen LogP contribution in [0.3, 0.4) is 0 Å². The van der Waals surface area contributed by atoms with Gasteiger partial charge >= 0.3 is 5.97 Å². The van der Waals surface area contributed by atoms with E-state index in [2.05, 4.69) is 0 Å². The largest absolute Gasteiger partial charge is 0.468 e. The Morgan fingerprint density at radius 1 is 1.00 bits per heavy atom. The second-order valence-corrected chi connectivity index (χ2v) is 6.09. The van der Waals surface area contributed by atoms with Crippen LogP contribution in [0, 0.1) is 5.92 Å². The quantitative estimate of drug-likeness (QED) is 0.623. The van der Waals surface area contributed by atoms with E-state index >= 15 is 0 Å². The van der Waals surface area contributed by atoms with Gasteiger partial charge in [-0.15, -0.1) is 0 Å². The first-order chi connectivity index (χ1) is 12.2. The maximum atomic E-state index is 12.6. The van der Waals surface area contributed by atoms with Gasteiger partial charge in [0.05, 0.1) is 7.11 Å². The lowest BCUT2D eigenvalue weighted by molar-refractivity contribution is -0.149. The third-order valence-electron chi connectivity index (χ3n) is 4.46. The molecule has 0 spiro atoms. The van der Waals surface area contributed by atoms with Gasteiger partial charge in [0.25, 0.3) is 0 Å². The van der Waals surface area contributed by atoms with E-state index in [9.17, 15) is 9.59 Å². The van der Waals surface area contributed by atoms with Crippen LogP contribution in [0.1, 0.15) is 23.5 Å². The average Bonchev–Trinajstić information content (AvgIpc) is 2.67. The summed E-state index contributed by atoms with van der Waals surface area (Å²) in [6.45, 7) is 0. The minimum atomic E-state index is -0.777. The number of hydrogen-bond acceptors (Lipinski definition) is 3. The van der Waals surface area contributed by atoms with E-state index in [1.54, 1.807) is 6.08 Å². The number of esters is 1. The number of carbonyl (C=O) groups excluding carboxylic acids is 2. The molecule has 0 aliphatic heterocycles. The summed E-state index contributed by atoms with van der Waals surface area (Å²) in [6, 6.07) is 19.6. The van der Waals surface area contributed by atoms with Crippen LogP contribution in [0.2, 0.25) is 0 Å². The van der Waals surface area contributed by atoms with E-state index in [4.69, 9.17) is 4.74 Å². The van der Waals surface area contributed by atoms with Crippen LogP contribution in [0.25, 0.3) is 6.08 Å². The van der Waals surface area contributed by atoms with Crippen LogP contribution >= 0.6 is 0 Å². The predicted molar refractivity (Wildman–Crippen MR) is 97.9 cm³/mol. The molecule has 0 amide bonds. The number of rotatable bonds is 4. The number of ether oxygens (including phenoxy) is 1. The Bertz CT molecular complexity index is 804. The molecule has 2 unspecified atom stereocenters. The fourth-order valence-electron chi connectivity index (χ4n) is 3.20. The molecule has 0 fully saturated rings. The second kappa shape index (κ2) is 7.75. The van der Waals surface area contributed by atoms with Crippen LogP contribution in [-0.4, -0.2) is 18.9 Å². The molecule has 2 aromatic carbocycles.